The van der Waals surface area contributed by atoms with E-state index in [0.717, 1.165) is 5.56 Å². The zero-order valence-corrected chi connectivity index (χ0v) is 12.6. The lowest BCUT2D eigenvalue weighted by molar-refractivity contribution is -0.192. The molecule has 0 aliphatic carbocycles. The molecule has 2 aliphatic rings. The maximum absolute atomic E-state index is 10.1. The monoisotopic (exact) mass is 329 g/mol. The Balaban J connectivity index is 0.00000176. The molecule has 0 aromatic heterocycles. The van der Waals surface area contributed by atoms with E-state index in [1.165, 1.54) is 4.90 Å². The van der Waals surface area contributed by atoms with Gasteiger partial charge in [-0.3, -0.25) is 4.99 Å². The third kappa shape index (κ3) is 2.90. The van der Waals surface area contributed by atoms with Gasteiger partial charge in [0.15, 0.2) is 12.2 Å². The fourth-order valence-electron chi connectivity index (χ4n) is 2.80. The molecule has 2 aliphatic heterocycles. The van der Waals surface area contributed by atoms with Crippen LogP contribution in [0, 0.1) is 0 Å². The zero-order valence-electron chi connectivity index (χ0n) is 11.8. The maximum Gasteiger partial charge on any atom is 0.196 e. The highest BCUT2D eigenvalue weighted by molar-refractivity contribution is 5.85. The minimum atomic E-state index is -1.43. The molecular formula is C14H20ClN3O4. The number of aliphatic imine (C=N–C) groups is 1. The number of nitrogens with one attached hydrogen (secondary N) is 1. The van der Waals surface area contributed by atoms with E-state index in [1.807, 2.05) is 30.3 Å². The number of aliphatic hydroxyl groups is 4. The second kappa shape index (κ2) is 6.80. The SMILES string of the molecule is Cl.O[C@@H]1[C@@H](O)[C@@H](O)N2C(NCc3ccccc3)=NC[C@@H]2[C@@H]1O. The molecule has 7 nitrogen and oxygen atoms in total. The van der Waals surface area contributed by atoms with Gasteiger partial charge in [-0.15, -0.1) is 12.4 Å². The summed E-state index contributed by atoms with van der Waals surface area (Å²) in [7, 11) is 0. The number of nitrogens with zero attached hydrogens (tertiary/aromatic N) is 2. The van der Waals surface area contributed by atoms with Gasteiger partial charge in [0.25, 0.3) is 0 Å². The first-order valence-electron chi connectivity index (χ1n) is 6.92. The van der Waals surface area contributed by atoms with Gasteiger partial charge in [0.05, 0.1) is 12.6 Å². The summed E-state index contributed by atoms with van der Waals surface area (Å²) in [6.45, 7) is 0.781. The van der Waals surface area contributed by atoms with E-state index >= 15 is 0 Å². The number of rotatable bonds is 2. The van der Waals surface area contributed by atoms with Crippen LogP contribution in [-0.2, 0) is 6.54 Å². The molecule has 1 saturated heterocycles. The van der Waals surface area contributed by atoms with Gasteiger partial charge >= 0.3 is 0 Å². The van der Waals surface area contributed by atoms with Crippen molar-refractivity contribution in [1.82, 2.24) is 10.2 Å². The number of benzene rings is 1. The summed E-state index contributed by atoms with van der Waals surface area (Å²) in [4.78, 5) is 5.69. The molecule has 0 unspecified atom stereocenters. The predicted octanol–water partition coefficient (Wildman–Crippen LogP) is -1.35. The molecular weight excluding hydrogens is 310 g/mol. The van der Waals surface area contributed by atoms with Crippen LogP contribution in [0.3, 0.4) is 0 Å². The summed E-state index contributed by atoms with van der Waals surface area (Å²) in [5.41, 5.74) is 1.05. The summed E-state index contributed by atoms with van der Waals surface area (Å²) < 4.78 is 0. The van der Waals surface area contributed by atoms with E-state index in [9.17, 15) is 20.4 Å². The molecule has 8 heteroatoms. The minimum absolute atomic E-state index is 0. The van der Waals surface area contributed by atoms with E-state index < -0.39 is 30.6 Å². The van der Waals surface area contributed by atoms with Crippen LogP contribution in [0.4, 0.5) is 0 Å². The van der Waals surface area contributed by atoms with Crippen LogP contribution in [0.15, 0.2) is 35.3 Å². The van der Waals surface area contributed by atoms with Gasteiger partial charge in [-0.05, 0) is 5.56 Å². The summed E-state index contributed by atoms with van der Waals surface area (Å²) in [5.74, 6) is 0.418. The molecule has 3 rings (SSSR count). The lowest BCUT2D eigenvalue weighted by atomic mass is 9.93. The Morgan fingerprint density at radius 1 is 1.05 bits per heavy atom. The number of piperidine rings is 1. The third-order valence-electron chi connectivity index (χ3n) is 4.01. The Hall–Kier alpha value is -1.38. The molecule has 0 saturated carbocycles. The molecule has 1 aromatic carbocycles. The number of guanidine groups is 1. The second-order valence-electron chi connectivity index (χ2n) is 5.36. The van der Waals surface area contributed by atoms with Crippen molar-refractivity contribution in [3.8, 4) is 0 Å². The summed E-state index contributed by atoms with van der Waals surface area (Å²) >= 11 is 0. The molecule has 5 N–H and O–H groups in total. The van der Waals surface area contributed by atoms with Gasteiger partial charge in [0, 0.05) is 6.54 Å². The highest BCUT2D eigenvalue weighted by atomic mass is 35.5. The fourth-order valence-corrected chi connectivity index (χ4v) is 2.80. The molecule has 1 fully saturated rings. The molecule has 122 valence electrons. The van der Waals surface area contributed by atoms with Crippen LogP contribution in [-0.4, -0.2) is 68.4 Å². The van der Waals surface area contributed by atoms with E-state index in [4.69, 9.17) is 0 Å². The fraction of sp³-hybridized carbons (Fsp3) is 0.500. The van der Waals surface area contributed by atoms with E-state index in [2.05, 4.69) is 10.3 Å². The first-order chi connectivity index (χ1) is 10.1. The Bertz CT molecular complexity index is 530. The van der Waals surface area contributed by atoms with Crippen molar-refractivity contribution in [2.24, 2.45) is 4.99 Å². The van der Waals surface area contributed by atoms with Crippen molar-refractivity contribution in [2.45, 2.75) is 37.1 Å². The maximum atomic E-state index is 10.1. The first-order valence-corrected chi connectivity index (χ1v) is 6.92. The Morgan fingerprint density at radius 3 is 2.41 bits per heavy atom. The molecule has 0 amide bonds. The average Bonchev–Trinajstić information content (AvgIpc) is 2.94. The van der Waals surface area contributed by atoms with Crippen LogP contribution in [0.2, 0.25) is 0 Å². The number of aliphatic hydroxyl groups excluding tert-OH is 4. The topological polar surface area (TPSA) is 109 Å². The van der Waals surface area contributed by atoms with E-state index in [-0.39, 0.29) is 19.0 Å². The Kier molecular flexibility index (Phi) is 5.25. The average molecular weight is 330 g/mol. The van der Waals surface area contributed by atoms with E-state index in [0.29, 0.717) is 12.5 Å². The number of halogens is 1. The van der Waals surface area contributed by atoms with Crippen molar-refractivity contribution >= 4 is 18.4 Å². The van der Waals surface area contributed by atoms with Gasteiger partial charge in [0.1, 0.15) is 18.3 Å². The third-order valence-corrected chi connectivity index (χ3v) is 4.01. The lowest BCUT2D eigenvalue weighted by Gasteiger charge is -2.44. The highest BCUT2D eigenvalue weighted by Gasteiger charge is 2.50. The van der Waals surface area contributed by atoms with Gasteiger partial charge in [-0.2, -0.15) is 0 Å². The Labute approximate surface area is 134 Å². The van der Waals surface area contributed by atoms with Gasteiger partial charge < -0.3 is 30.6 Å². The summed E-state index contributed by atoms with van der Waals surface area (Å²) in [6, 6.07) is 9.16. The van der Waals surface area contributed by atoms with Crippen LogP contribution < -0.4 is 5.32 Å². The summed E-state index contributed by atoms with van der Waals surface area (Å²) in [6.07, 6.45) is -5.25. The highest BCUT2D eigenvalue weighted by Crippen LogP contribution is 2.27. The van der Waals surface area contributed by atoms with Crippen LogP contribution >= 0.6 is 12.4 Å². The first kappa shape index (κ1) is 17.0. The normalized spacial score (nSPS) is 33.7. The smallest absolute Gasteiger partial charge is 0.196 e. The van der Waals surface area contributed by atoms with Gasteiger partial charge in [0.2, 0.25) is 0 Å². The molecule has 0 radical (unpaired) electrons. The van der Waals surface area contributed by atoms with Crippen molar-refractivity contribution in [1.29, 1.82) is 0 Å². The largest absolute Gasteiger partial charge is 0.388 e. The van der Waals surface area contributed by atoms with Crippen molar-refractivity contribution in [3.63, 3.8) is 0 Å². The number of fused-ring (bicyclic) bond motifs is 1. The van der Waals surface area contributed by atoms with E-state index in [1.54, 1.807) is 0 Å². The van der Waals surface area contributed by atoms with Crippen LogP contribution in [0.5, 0.6) is 0 Å². The Morgan fingerprint density at radius 2 is 1.73 bits per heavy atom. The van der Waals surface area contributed by atoms with Crippen molar-refractivity contribution in [3.05, 3.63) is 35.9 Å². The summed E-state index contributed by atoms with van der Waals surface area (Å²) in [5, 5.41) is 42.6. The van der Waals surface area contributed by atoms with Gasteiger partial charge in [-0.1, -0.05) is 30.3 Å². The zero-order chi connectivity index (χ0) is 15.0. The molecule has 5 atom stereocenters. The standard InChI is InChI=1S/C14H19N3O4.ClH/c18-10-9-7-16-14(15-6-8-4-2-1-3-5-8)17(9)13(21)12(20)11(10)19;/h1-5,9-13,18-21H,6-7H2,(H,15,16);1H/t9-,10+,11+,12-,13-;/m1./s1. The van der Waals surface area contributed by atoms with Gasteiger partial charge in [-0.25, -0.2) is 0 Å². The quantitative estimate of drug-likeness (QED) is 0.459. The van der Waals surface area contributed by atoms with Crippen molar-refractivity contribution < 1.29 is 20.4 Å². The molecule has 2 heterocycles. The predicted molar refractivity (Wildman–Crippen MR) is 82.5 cm³/mol. The lowest BCUT2D eigenvalue weighted by Crippen LogP contribution is -2.67. The van der Waals surface area contributed by atoms with Crippen LogP contribution in [0.25, 0.3) is 0 Å². The second-order valence-corrected chi connectivity index (χ2v) is 5.36. The minimum Gasteiger partial charge on any atom is -0.388 e. The molecule has 22 heavy (non-hydrogen) atoms. The van der Waals surface area contributed by atoms with Crippen molar-refractivity contribution in [2.75, 3.05) is 6.54 Å². The molecule has 1 aromatic rings. The number of hydrogen-bond acceptors (Lipinski definition) is 7. The molecule has 0 spiro atoms. The number of hydrogen-bond donors (Lipinski definition) is 5. The van der Waals surface area contributed by atoms with Crippen LogP contribution in [0.1, 0.15) is 5.56 Å². The molecule has 0 bridgehead atoms.